The van der Waals surface area contributed by atoms with Crippen molar-refractivity contribution in [2.24, 2.45) is 5.92 Å². The van der Waals surface area contributed by atoms with Crippen LogP contribution in [0.25, 0.3) is 0 Å². The summed E-state index contributed by atoms with van der Waals surface area (Å²) in [6.07, 6.45) is 6.73. The van der Waals surface area contributed by atoms with E-state index in [0.717, 1.165) is 36.6 Å². The average molecular weight is 262 g/mol. The summed E-state index contributed by atoms with van der Waals surface area (Å²) in [6, 6.07) is 5.03. The molecule has 1 saturated carbocycles. The Labute approximate surface area is 116 Å². The van der Waals surface area contributed by atoms with Crippen LogP contribution in [0.15, 0.2) is 16.5 Å². The minimum absolute atomic E-state index is 0.752. The van der Waals surface area contributed by atoms with Gasteiger partial charge in [-0.25, -0.2) is 0 Å². The number of nitrogens with zero attached hydrogens (tertiary/aromatic N) is 1. The molecule has 1 N–H and O–H groups in total. The number of furan rings is 1. The van der Waals surface area contributed by atoms with Gasteiger partial charge in [0.2, 0.25) is 0 Å². The van der Waals surface area contributed by atoms with Crippen molar-refractivity contribution in [1.29, 1.82) is 0 Å². The van der Waals surface area contributed by atoms with Gasteiger partial charge in [-0.15, -0.1) is 0 Å². The molecule has 106 valence electrons. The Morgan fingerprint density at radius 2 is 2.11 bits per heavy atom. The molecule has 2 heterocycles. The summed E-state index contributed by atoms with van der Waals surface area (Å²) in [5, 5.41) is 3.50. The number of rotatable bonds is 7. The van der Waals surface area contributed by atoms with Crippen molar-refractivity contribution in [2.75, 3.05) is 13.1 Å². The molecule has 0 spiro atoms. The monoisotopic (exact) mass is 262 g/mol. The summed E-state index contributed by atoms with van der Waals surface area (Å²) in [6.45, 7) is 6.66. The Balaban J connectivity index is 1.44. The van der Waals surface area contributed by atoms with E-state index in [1.165, 1.54) is 45.2 Å². The summed E-state index contributed by atoms with van der Waals surface area (Å²) < 4.78 is 5.91. The molecule has 3 nitrogen and oxygen atoms in total. The Morgan fingerprint density at radius 3 is 2.89 bits per heavy atom. The van der Waals surface area contributed by atoms with Crippen LogP contribution >= 0.6 is 0 Å². The van der Waals surface area contributed by atoms with Crippen molar-refractivity contribution in [3.8, 4) is 0 Å². The maximum Gasteiger partial charge on any atom is 0.118 e. The van der Waals surface area contributed by atoms with Crippen molar-refractivity contribution in [1.82, 2.24) is 10.2 Å². The molecule has 2 fully saturated rings. The highest BCUT2D eigenvalue weighted by atomic mass is 16.3. The molecule has 2 aliphatic rings. The van der Waals surface area contributed by atoms with Crippen LogP contribution in [0.2, 0.25) is 0 Å². The third kappa shape index (κ3) is 3.83. The SMILES string of the molecule is CCCC1CCN(Cc2ccc(CNC3CC3)o2)C1. The summed E-state index contributed by atoms with van der Waals surface area (Å²) in [4.78, 5) is 2.54. The molecule has 1 aromatic heterocycles. The van der Waals surface area contributed by atoms with Crippen molar-refractivity contribution < 1.29 is 4.42 Å². The quantitative estimate of drug-likeness (QED) is 0.818. The number of nitrogens with one attached hydrogen (secondary N) is 1. The normalized spacial score (nSPS) is 24.2. The standard InChI is InChI=1S/C16H26N2O/c1-2-3-13-8-9-18(11-13)12-16-7-6-15(19-16)10-17-14-4-5-14/h6-7,13-14,17H,2-5,8-12H2,1H3. The third-order valence-electron chi connectivity index (χ3n) is 4.31. The fraction of sp³-hybridized carbons (Fsp3) is 0.750. The van der Waals surface area contributed by atoms with E-state index in [2.05, 4.69) is 29.3 Å². The minimum Gasteiger partial charge on any atom is -0.463 e. The van der Waals surface area contributed by atoms with E-state index in [9.17, 15) is 0 Å². The summed E-state index contributed by atoms with van der Waals surface area (Å²) in [7, 11) is 0. The van der Waals surface area contributed by atoms with Crippen molar-refractivity contribution in [3.63, 3.8) is 0 Å². The van der Waals surface area contributed by atoms with E-state index >= 15 is 0 Å². The highest BCUT2D eigenvalue weighted by molar-refractivity contribution is 5.07. The molecular formula is C16H26N2O. The van der Waals surface area contributed by atoms with Gasteiger partial charge in [0.15, 0.2) is 0 Å². The van der Waals surface area contributed by atoms with E-state index in [4.69, 9.17) is 4.42 Å². The molecule has 0 amide bonds. The highest BCUT2D eigenvalue weighted by Crippen LogP contribution is 2.23. The van der Waals surface area contributed by atoms with Crippen LogP contribution < -0.4 is 5.32 Å². The first-order valence-corrected chi connectivity index (χ1v) is 7.87. The maximum atomic E-state index is 5.91. The lowest BCUT2D eigenvalue weighted by molar-refractivity contribution is 0.279. The summed E-state index contributed by atoms with van der Waals surface area (Å²) in [5.41, 5.74) is 0. The molecule has 3 heteroatoms. The predicted octanol–water partition coefficient (Wildman–Crippen LogP) is 3.15. The topological polar surface area (TPSA) is 28.4 Å². The van der Waals surface area contributed by atoms with Gasteiger partial charge < -0.3 is 9.73 Å². The lowest BCUT2D eigenvalue weighted by atomic mass is 10.0. The van der Waals surface area contributed by atoms with Crippen LogP contribution in [0, 0.1) is 5.92 Å². The van der Waals surface area contributed by atoms with Gasteiger partial charge in [0.1, 0.15) is 11.5 Å². The number of hydrogen-bond donors (Lipinski definition) is 1. The van der Waals surface area contributed by atoms with Crippen LogP contribution in [0.3, 0.4) is 0 Å². The van der Waals surface area contributed by atoms with Gasteiger partial charge >= 0.3 is 0 Å². The highest BCUT2D eigenvalue weighted by Gasteiger charge is 2.23. The smallest absolute Gasteiger partial charge is 0.118 e. The Morgan fingerprint density at radius 1 is 1.26 bits per heavy atom. The van der Waals surface area contributed by atoms with Crippen LogP contribution in [-0.4, -0.2) is 24.0 Å². The van der Waals surface area contributed by atoms with E-state index in [1.54, 1.807) is 0 Å². The molecule has 1 atom stereocenters. The van der Waals surface area contributed by atoms with Crippen molar-refractivity contribution >= 4 is 0 Å². The molecule has 1 unspecified atom stereocenters. The van der Waals surface area contributed by atoms with E-state index < -0.39 is 0 Å². The van der Waals surface area contributed by atoms with E-state index in [-0.39, 0.29) is 0 Å². The van der Waals surface area contributed by atoms with Crippen LogP contribution in [0.5, 0.6) is 0 Å². The molecule has 19 heavy (non-hydrogen) atoms. The van der Waals surface area contributed by atoms with Gasteiger partial charge in [0, 0.05) is 12.6 Å². The molecule has 1 aliphatic carbocycles. The van der Waals surface area contributed by atoms with E-state index in [0.29, 0.717) is 0 Å². The maximum absolute atomic E-state index is 5.91. The first-order chi connectivity index (χ1) is 9.33. The predicted molar refractivity (Wildman–Crippen MR) is 76.9 cm³/mol. The fourth-order valence-electron chi connectivity index (χ4n) is 3.06. The summed E-state index contributed by atoms with van der Waals surface area (Å²) in [5.74, 6) is 3.13. The molecule has 0 bridgehead atoms. The molecule has 1 aliphatic heterocycles. The Kier molecular flexibility index (Phi) is 4.24. The zero-order valence-corrected chi connectivity index (χ0v) is 12.0. The molecule has 0 radical (unpaired) electrons. The first kappa shape index (κ1) is 13.2. The van der Waals surface area contributed by atoms with Crippen LogP contribution in [-0.2, 0) is 13.1 Å². The van der Waals surface area contributed by atoms with Crippen molar-refractivity contribution in [3.05, 3.63) is 23.7 Å². The molecular weight excluding hydrogens is 236 g/mol. The van der Waals surface area contributed by atoms with E-state index in [1.807, 2.05) is 0 Å². The largest absolute Gasteiger partial charge is 0.463 e. The van der Waals surface area contributed by atoms with Gasteiger partial charge in [-0.05, 0) is 50.3 Å². The van der Waals surface area contributed by atoms with Gasteiger partial charge in [0.25, 0.3) is 0 Å². The zero-order chi connectivity index (χ0) is 13.1. The van der Waals surface area contributed by atoms with Crippen molar-refractivity contribution in [2.45, 2.75) is 58.2 Å². The van der Waals surface area contributed by atoms with Gasteiger partial charge in [-0.3, -0.25) is 4.90 Å². The molecule has 3 rings (SSSR count). The second kappa shape index (κ2) is 6.10. The minimum atomic E-state index is 0.752. The van der Waals surface area contributed by atoms with Gasteiger partial charge in [-0.2, -0.15) is 0 Å². The zero-order valence-electron chi connectivity index (χ0n) is 12.0. The average Bonchev–Trinajstić information content (AvgIpc) is 2.97. The molecule has 1 aromatic rings. The van der Waals surface area contributed by atoms with Crippen LogP contribution in [0.4, 0.5) is 0 Å². The fourth-order valence-corrected chi connectivity index (χ4v) is 3.06. The lowest BCUT2D eigenvalue weighted by Crippen LogP contribution is -2.19. The molecule has 1 saturated heterocycles. The summed E-state index contributed by atoms with van der Waals surface area (Å²) >= 11 is 0. The second-order valence-electron chi connectivity index (χ2n) is 6.20. The number of hydrogen-bond acceptors (Lipinski definition) is 3. The molecule has 0 aromatic carbocycles. The second-order valence-corrected chi connectivity index (χ2v) is 6.20. The number of likely N-dealkylation sites (tertiary alicyclic amines) is 1. The Bertz CT molecular complexity index is 397. The first-order valence-electron chi connectivity index (χ1n) is 7.87. The van der Waals surface area contributed by atoms with Crippen LogP contribution in [0.1, 0.15) is 50.5 Å². The Hall–Kier alpha value is -0.800. The van der Waals surface area contributed by atoms with Gasteiger partial charge in [-0.1, -0.05) is 13.3 Å². The third-order valence-corrected chi connectivity index (χ3v) is 4.31. The lowest BCUT2D eigenvalue weighted by Gasteiger charge is -2.14. The van der Waals surface area contributed by atoms with Gasteiger partial charge in [0.05, 0.1) is 13.1 Å².